The number of amides is 1. The Hall–Kier alpha value is -2.18. The van der Waals surface area contributed by atoms with E-state index in [-0.39, 0.29) is 18.1 Å². The fraction of sp³-hybridized carbons (Fsp3) is 0.545. The monoisotopic (exact) mass is 383 g/mol. The number of fused-ring (bicyclic) bond motifs is 1. The van der Waals surface area contributed by atoms with E-state index in [1.807, 2.05) is 31.3 Å². The van der Waals surface area contributed by atoms with E-state index in [0.717, 1.165) is 51.0 Å². The van der Waals surface area contributed by atoms with E-state index in [1.165, 1.54) is 10.9 Å². The van der Waals surface area contributed by atoms with E-state index in [4.69, 9.17) is 4.74 Å². The van der Waals surface area contributed by atoms with Crippen LogP contribution in [0.15, 0.2) is 36.5 Å². The Balaban J connectivity index is 1.37. The molecule has 2 aromatic rings. The van der Waals surface area contributed by atoms with Crippen LogP contribution in [-0.4, -0.2) is 70.9 Å². The molecular formula is C22H29N3O3. The highest BCUT2D eigenvalue weighted by Gasteiger charge is 2.37. The number of nitrogens with zero attached hydrogens (tertiary/aromatic N) is 3. The van der Waals surface area contributed by atoms with Gasteiger partial charge in [0.1, 0.15) is 0 Å². The Kier molecular flexibility index (Phi) is 5.78. The molecule has 1 N–H and O–H groups in total. The lowest BCUT2D eigenvalue weighted by molar-refractivity contribution is 0.0762. The van der Waals surface area contributed by atoms with Crippen molar-refractivity contribution in [1.29, 1.82) is 0 Å². The number of pyridine rings is 1. The summed E-state index contributed by atoms with van der Waals surface area (Å²) >= 11 is 0. The third kappa shape index (κ3) is 3.98. The van der Waals surface area contributed by atoms with Crippen LogP contribution in [0.2, 0.25) is 0 Å². The van der Waals surface area contributed by atoms with E-state index in [2.05, 4.69) is 22.0 Å². The topological polar surface area (TPSA) is 65.9 Å². The van der Waals surface area contributed by atoms with E-state index in [0.29, 0.717) is 12.6 Å². The maximum Gasteiger partial charge on any atom is 0.409 e. The van der Waals surface area contributed by atoms with E-state index < -0.39 is 0 Å². The van der Waals surface area contributed by atoms with Gasteiger partial charge < -0.3 is 14.7 Å². The van der Waals surface area contributed by atoms with Crippen molar-refractivity contribution >= 4 is 17.0 Å². The number of hydrogen-bond acceptors (Lipinski definition) is 5. The van der Waals surface area contributed by atoms with Crippen molar-refractivity contribution < 1.29 is 14.6 Å². The number of aliphatic hydroxyl groups is 1. The summed E-state index contributed by atoms with van der Waals surface area (Å²) in [4.78, 5) is 20.5. The Morgan fingerprint density at radius 1 is 1.21 bits per heavy atom. The molecule has 28 heavy (non-hydrogen) atoms. The number of aliphatic hydroxyl groups excluding tert-OH is 1. The highest BCUT2D eigenvalue weighted by Crippen LogP contribution is 2.29. The largest absolute Gasteiger partial charge is 0.450 e. The van der Waals surface area contributed by atoms with Crippen LogP contribution >= 0.6 is 0 Å². The number of β-amino-alcohol motifs (C(OH)–C–C–N with tert-alkyl or cyclic N) is 1. The van der Waals surface area contributed by atoms with Gasteiger partial charge in [0, 0.05) is 49.7 Å². The number of ether oxygens (including phenoxy) is 1. The summed E-state index contributed by atoms with van der Waals surface area (Å²) in [6.07, 6.45) is 4.09. The highest BCUT2D eigenvalue weighted by molar-refractivity contribution is 5.81. The molecule has 1 amide bonds. The standard InChI is InChI=1S/C22H29N3O3/c1-2-28-22(27)24-11-8-18(9-12-24)25-14-17(21(26)15-25)13-16-7-10-23-20-6-4-3-5-19(16)20/h3-7,10,17-18,21,26H,2,8-9,11-15H2,1H3/t17-,21-/m1/s1. The van der Waals surface area contributed by atoms with Crippen LogP contribution in [0.5, 0.6) is 0 Å². The third-order valence-corrected chi connectivity index (χ3v) is 6.16. The Bertz CT molecular complexity index is 814. The molecule has 0 unspecified atom stereocenters. The zero-order valence-corrected chi connectivity index (χ0v) is 16.5. The van der Waals surface area contributed by atoms with Gasteiger partial charge in [0.05, 0.1) is 18.2 Å². The zero-order chi connectivity index (χ0) is 19.5. The van der Waals surface area contributed by atoms with Crippen LogP contribution in [0.25, 0.3) is 10.9 Å². The molecule has 0 saturated carbocycles. The first kappa shape index (κ1) is 19.2. The molecule has 0 bridgehead atoms. The van der Waals surface area contributed by atoms with E-state index in [9.17, 15) is 9.90 Å². The second kappa shape index (κ2) is 8.45. The van der Waals surface area contributed by atoms with Crippen molar-refractivity contribution in [3.05, 3.63) is 42.1 Å². The zero-order valence-electron chi connectivity index (χ0n) is 16.5. The summed E-state index contributed by atoms with van der Waals surface area (Å²) < 4.78 is 5.11. The number of carbonyl (C=O) groups is 1. The smallest absolute Gasteiger partial charge is 0.409 e. The average Bonchev–Trinajstić information content (AvgIpc) is 3.09. The molecule has 2 aliphatic heterocycles. The predicted octanol–water partition coefficient (Wildman–Crippen LogP) is 2.69. The lowest BCUT2D eigenvalue weighted by atomic mass is 9.94. The second-order valence-electron chi connectivity index (χ2n) is 7.89. The second-order valence-corrected chi connectivity index (χ2v) is 7.89. The highest BCUT2D eigenvalue weighted by atomic mass is 16.6. The number of likely N-dealkylation sites (tertiary alicyclic amines) is 2. The number of piperidine rings is 1. The fourth-order valence-electron chi connectivity index (χ4n) is 4.63. The molecule has 2 atom stereocenters. The molecule has 2 saturated heterocycles. The predicted molar refractivity (Wildman–Crippen MR) is 108 cm³/mol. The van der Waals surface area contributed by atoms with E-state index in [1.54, 1.807) is 4.90 Å². The Morgan fingerprint density at radius 2 is 2.00 bits per heavy atom. The molecule has 6 heteroatoms. The van der Waals surface area contributed by atoms with E-state index >= 15 is 0 Å². The molecule has 2 aliphatic rings. The van der Waals surface area contributed by atoms with Gasteiger partial charge in [-0.15, -0.1) is 0 Å². The van der Waals surface area contributed by atoms with Gasteiger partial charge >= 0.3 is 6.09 Å². The van der Waals surface area contributed by atoms with Gasteiger partial charge in [-0.3, -0.25) is 9.88 Å². The molecule has 6 nitrogen and oxygen atoms in total. The van der Waals surface area contributed by atoms with Crippen LogP contribution in [0.3, 0.4) is 0 Å². The normalized spacial score (nSPS) is 24.0. The first-order chi connectivity index (χ1) is 13.7. The van der Waals surface area contributed by atoms with Crippen LogP contribution < -0.4 is 0 Å². The van der Waals surface area contributed by atoms with Crippen LogP contribution in [0, 0.1) is 5.92 Å². The minimum absolute atomic E-state index is 0.204. The molecule has 1 aromatic heterocycles. The van der Waals surface area contributed by atoms with Gasteiger partial charge in [-0.1, -0.05) is 18.2 Å². The molecule has 0 aliphatic carbocycles. The van der Waals surface area contributed by atoms with Crippen molar-refractivity contribution in [2.75, 3.05) is 32.8 Å². The molecule has 4 rings (SSSR count). The fourth-order valence-corrected chi connectivity index (χ4v) is 4.63. The van der Waals surface area contributed by atoms with Crippen molar-refractivity contribution in [3.63, 3.8) is 0 Å². The molecule has 3 heterocycles. The molecule has 1 aromatic carbocycles. The quantitative estimate of drug-likeness (QED) is 0.879. The maximum atomic E-state index is 11.9. The van der Waals surface area contributed by atoms with Crippen molar-refractivity contribution in [2.45, 2.75) is 38.3 Å². The summed E-state index contributed by atoms with van der Waals surface area (Å²) in [6, 6.07) is 10.7. The Morgan fingerprint density at radius 3 is 2.79 bits per heavy atom. The minimum Gasteiger partial charge on any atom is -0.450 e. The van der Waals surface area contributed by atoms with Gasteiger partial charge in [-0.05, 0) is 43.9 Å². The first-order valence-corrected chi connectivity index (χ1v) is 10.3. The van der Waals surface area contributed by atoms with Gasteiger partial charge in [-0.2, -0.15) is 0 Å². The average molecular weight is 383 g/mol. The summed E-state index contributed by atoms with van der Waals surface area (Å²) in [5, 5.41) is 11.9. The number of benzene rings is 1. The lowest BCUT2D eigenvalue weighted by Crippen LogP contribution is -2.46. The van der Waals surface area contributed by atoms with Crippen LogP contribution in [-0.2, 0) is 11.2 Å². The number of aromatic nitrogens is 1. The first-order valence-electron chi connectivity index (χ1n) is 10.3. The summed E-state index contributed by atoms with van der Waals surface area (Å²) in [5.74, 6) is 0.230. The van der Waals surface area contributed by atoms with Gasteiger partial charge in [0.15, 0.2) is 0 Å². The lowest BCUT2D eigenvalue weighted by Gasteiger charge is -2.36. The summed E-state index contributed by atoms with van der Waals surface area (Å²) in [7, 11) is 0. The summed E-state index contributed by atoms with van der Waals surface area (Å²) in [6.45, 7) is 5.34. The number of para-hydroxylation sites is 1. The van der Waals surface area contributed by atoms with Gasteiger partial charge in [0.25, 0.3) is 0 Å². The van der Waals surface area contributed by atoms with Crippen molar-refractivity contribution in [3.8, 4) is 0 Å². The van der Waals surface area contributed by atoms with Crippen LogP contribution in [0.1, 0.15) is 25.3 Å². The van der Waals surface area contributed by atoms with Gasteiger partial charge in [-0.25, -0.2) is 4.79 Å². The Labute approximate surface area is 166 Å². The molecule has 2 fully saturated rings. The molecular weight excluding hydrogens is 354 g/mol. The van der Waals surface area contributed by atoms with Crippen LogP contribution in [0.4, 0.5) is 4.79 Å². The molecule has 0 radical (unpaired) electrons. The number of rotatable bonds is 4. The number of carbonyl (C=O) groups excluding carboxylic acids is 1. The summed E-state index contributed by atoms with van der Waals surface area (Å²) in [5.41, 5.74) is 2.27. The molecule has 150 valence electrons. The maximum absolute atomic E-state index is 11.9. The third-order valence-electron chi connectivity index (χ3n) is 6.16. The van der Waals surface area contributed by atoms with Crippen molar-refractivity contribution in [2.24, 2.45) is 5.92 Å². The minimum atomic E-state index is -0.310. The van der Waals surface area contributed by atoms with Gasteiger partial charge in [0.2, 0.25) is 0 Å². The number of hydrogen-bond donors (Lipinski definition) is 1. The van der Waals surface area contributed by atoms with Crippen molar-refractivity contribution in [1.82, 2.24) is 14.8 Å². The molecule has 0 spiro atoms. The SMILES string of the molecule is CCOC(=O)N1CCC(N2C[C@@H](Cc3ccnc4ccccc34)[C@H](O)C2)CC1.